The maximum atomic E-state index is 13.0. The molecule has 0 fully saturated rings. The quantitative estimate of drug-likeness (QED) is 0.850. The molecule has 7 heteroatoms. The summed E-state index contributed by atoms with van der Waals surface area (Å²) in [5.41, 5.74) is -1.14. The third-order valence-electron chi connectivity index (χ3n) is 2.19. The van der Waals surface area contributed by atoms with Gasteiger partial charge in [-0.05, 0) is 24.7 Å². The first-order chi connectivity index (χ1) is 8.20. The standard InChI is InChI=1S/C11H11F4NO2/c1-16(6-10(17)18)5-7-2-3-9(12)8(4-7)11(13,14)15/h2-4H,5-6H2,1H3,(H,17,18). The van der Waals surface area contributed by atoms with Crippen molar-refractivity contribution in [2.75, 3.05) is 13.6 Å². The second kappa shape index (κ2) is 5.34. The molecule has 0 unspecified atom stereocenters. The van der Waals surface area contributed by atoms with E-state index in [0.29, 0.717) is 6.07 Å². The van der Waals surface area contributed by atoms with Crippen LogP contribution in [0, 0.1) is 5.82 Å². The number of aliphatic carboxylic acids is 1. The van der Waals surface area contributed by atoms with E-state index in [-0.39, 0.29) is 18.7 Å². The van der Waals surface area contributed by atoms with Gasteiger partial charge in [-0.15, -0.1) is 0 Å². The van der Waals surface area contributed by atoms with Crippen molar-refractivity contribution in [3.8, 4) is 0 Å². The molecule has 3 nitrogen and oxygen atoms in total. The van der Waals surface area contributed by atoms with E-state index in [9.17, 15) is 22.4 Å². The van der Waals surface area contributed by atoms with E-state index >= 15 is 0 Å². The van der Waals surface area contributed by atoms with Crippen molar-refractivity contribution < 1.29 is 27.5 Å². The molecular weight excluding hydrogens is 254 g/mol. The zero-order valence-electron chi connectivity index (χ0n) is 9.46. The summed E-state index contributed by atoms with van der Waals surface area (Å²) in [6.45, 7) is -0.311. The number of carbonyl (C=O) groups is 1. The van der Waals surface area contributed by atoms with E-state index < -0.39 is 23.5 Å². The number of benzene rings is 1. The molecule has 0 aliphatic rings. The lowest BCUT2D eigenvalue weighted by atomic mass is 10.1. The van der Waals surface area contributed by atoms with Crippen LogP contribution in [0.4, 0.5) is 17.6 Å². The third-order valence-corrected chi connectivity index (χ3v) is 2.19. The van der Waals surface area contributed by atoms with Crippen LogP contribution in [0.1, 0.15) is 11.1 Å². The van der Waals surface area contributed by atoms with Gasteiger partial charge in [-0.3, -0.25) is 9.69 Å². The average Bonchev–Trinajstić information content (AvgIpc) is 2.17. The Bertz CT molecular complexity index is 445. The first kappa shape index (κ1) is 14.4. The summed E-state index contributed by atoms with van der Waals surface area (Å²) in [6.07, 6.45) is -4.76. The van der Waals surface area contributed by atoms with Gasteiger partial charge in [0.25, 0.3) is 0 Å². The molecule has 0 atom stereocenters. The SMILES string of the molecule is CN(CC(=O)O)Cc1ccc(F)c(C(F)(F)F)c1. The maximum Gasteiger partial charge on any atom is 0.419 e. The lowest BCUT2D eigenvalue weighted by Gasteiger charge is -2.15. The summed E-state index contributed by atoms with van der Waals surface area (Å²) >= 11 is 0. The fourth-order valence-electron chi connectivity index (χ4n) is 1.49. The summed E-state index contributed by atoms with van der Waals surface area (Å²) in [5, 5.41) is 8.51. The number of carboxylic acid groups (broad SMARTS) is 1. The number of likely N-dealkylation sites (N-methyl/N-ethyl adjacent to an activating group) is 1. The molecule has 0 aliphatic carbocycles. The minimum absolute atomic E-state index is 0.00431. The van der Waals surface area contributed by atoms with E-state index in [1.165, 1.54) is 18.0 Å². The largest absolute Gasteiger partial charge is 0.480 e. The van der Waals surface area contributed by atoms with Crippen LogP contribution in [0.25, 0.3) is 0 Å². The van der Waals surface area contributed by atoms with Crippen molar-refractivity contribution in [1.82, 2.24) is 4.90 Å². The molecule has 0 radical (unpaired) electrons. The van der Waals surface area contributed by atoms with Gasteiger partial charge in [-0.25, -0.2) is 4.39 Å². The van der Waals surface area contributed by atoms with Gasteiger partial charge in [-0.2, -0.15) is 13.2 Å². The molecule has 1 aromatic rings. The van der Waals surface area contributed by atoms with Gasteiger partial charge in [0, 0.05) is 6.54 Å². The topological polar surface area (TPSA) is 40.5 Å². The molecule has 0 aromatic heterocycles. The van der Waals surface area contributed by atoms with E-state index in [2.05, 4.69) is 0 Å². The number of nitrogens with zero attached hydrogens (tertiary/aromatic N) is 1. The zero-order valence-corrected chi connectivity index (χ0v) is 9.46. The number of halogens is 4. The molecule has 0 bridgehead atoms. The van der Waals surface area contributed by atoms with Crippen LogP contribution in [-0.2, 0) is 17.5 Å². The molecule has 100 valence electrons. The Balaban J connectivity index is 2.89. The molecule has 18 heavy (non-hydrogen) atoms. The summed E-state index contributed by atoms with van der Waals surface area (Å²) in [5.74, 6) is -2.43. The maximum absolute atomic E-state index is 13.0. The van der Waals surface area contributed by atoms with Crippen molar-refractivity contribution in [1.29, 1.82) is 0 Å². The summed E-state index contributed by atoms with van der Waals surface area (Å²) in [7, 11) is 1.45. The molecule has 1 N–H and O–H groups in total. The van der Waals surface area contributed by atoms with E-state index in [1.54, 1.807) is 0 Å². The molecule has 0 saturated carbocycles. The zero-order chi connectivity index (χ0) is 13.9. The van der Waals surface area contributed by atoms with Crippen molar-refractivity contribution >= 4 is 5.97 Å². The Kier molecular flexibility index (Phi) is 4.28. The minimum Gasteiger partial charge on any atom is -0.480 e. The predicted molar refractivity (Wildman–Crippen MR) is 55.4 cm³/mol. The van der Waals surface area contributed by atoms with Gasteiger partial charge in [0.2, 0.25) is 0 Å². The fraction of sp³-hybridized carbons (Fsp3) is 0.364. The van der Waals surface area contributed by atoms with Gasteiger partial charge >= 0.3 is 12.1 Å². The van der Waals surface area contributed by atoms with E-state index in [4.69, 9.17) is 5.11 Å². The molecule has 1 aromatic carbocycles. The lowest BCUT2D eigenvalue weighted by molar-refractivity contribution is -0.140. The van der Waals surface area contributed by atoms with Crippen molar-refractivity contribution in [2.45, 2.75) is 12.7 Å². The van der Waals surface area contributed by atoms with Crippen LogP contribution in [0.2, 0.25) is 0 Å². The molecule has 0 amide bonds. The first-order valence-electron chi connectivity index (χ1n) is 4.96. The molecular formula is C11H11F4NO2. The monoisotopic (exact) mass is 265 g/mol. The molecule has 0 heterocycles. The second-order valence-electron chi connectivity index (χ2n) is 3.88. The summed E-state index contributed by atoms with van der Waals surface area (Å²) in [6, 6.07) is 2.61. The minimum atomic E-state index is -4.76. The van der Waals surface area contributed by atoms with Crippen LogP contribution in [-0.4, -0.2) is 29.6 Å². The Morgan fingerprint density at radius 3 is 2.50 bits per heavy atom. The van der Waals surface area contributed by atoms with Gasteiger partial charge in [0.1, 0.15) is 5.82 Å². The number of rotatable bonds is 4. The predicted octanol–water partition coefficient (Wildman–Crippen LogP) is 2.36. The van der Waals surface area contributed by atoms with Crippen LogP contribution < -0.4 is 0 Å². The third kappa shape index (κ3) is 3.99. The number of hydrogen-bond acceptors (Lipinski definition) is 2. The first-order valence-corrected chi connectivity index (χ1v) is 4.96. The van der Waals surface area contributed by atoms with Gasteiger partial charge in [-0.1, -0.05) is 6.07 Å². The number of hydrogen-bond donors (Lipinski definition) is 1. The Hall–Kier alpha value is -1.63. The van der Waals surface area contributed by atoms with Crippen molar-refractivity contribution in [2.24, 2.45) is 0 Å². The Morgan fingerprint density at radius 2 is 2.00 bits per heavy atom. The summed E-state index contributed by atoms with van der Waals surface area (Å²) in [4.78, 5) is 11.7. The highest BCUT2D eigenvalue weighted by Gasteiger charge is 2.34. The number of carboxylic acids is 1. The Morgan fingerprint density at radius 1 is 1.39 bits per heavy atom. The highest BCUT2D eigenvalue weighted by Crippen LogP contribution is 2.32. The van der Waals surface area contributed by atoms with E-state index in [0.717, 1.165) is 6.07 Å². The molecule has 0 spiro atoms. The van der Waals surface area contributed by atoms with Crippen LogP contribution in [0.3, 0.4) is 0 Å². The highest BCUT2D eigenvalue weighted by molar-refractivity contribution is 5.69. The lowest BCUT2D eigenvalue weighted by Crippen LogP contribution is -2.25. The smallest absolute Gasteiger partial charge is 0.419 e. The van der Waals surface area contributed by atoms with Crippen LogP contribution >= 0.6 is 0 Å². The van der Waals surface area contributed by atoms with Gasteiger partial charge in [0.15, 0.2) is 0 Å². The second-order valence-corrected chi connectivity index (χ2v) is 3.88. The normalized spacial score (nSPS) is 11.9. The van der Waals surface area contributed by atoms with E-state index in [1.807, 2.05) is 0 Å². The number of alkyl halides is 3. The molecule has 1 rings (SSSR count). The van der Waals surface area contributed by atoms with Gasteiger partial charge < -0.3 is 5.11 Å². The average molecular weight is 265 g/mol. The summed E-state index contributed by atoms with van der Waals surface area (Å²) < 4.78 is 50.3. The van der Waals surface area contributed by atoms with Crippen LogP contribution in [0.5, 0.6) is 0 Å². The van der Waals surface area contributed by atoms with Crippen molar-refractivity contribution in [3.63, 3.8) is 0 Å². The highest BCUT2D eigenvalue weighted by atomic mass is 19.4. The molecule has 0 saturated heterocycles. The molecule has 0 aliphatic heterocycles. The Labute approximate surface area is 101 Å². The van der Waals surface area contributed by atoms with Gasteiger partial charge in [0.05, 0.1) is 12.1 Å². The fourth-order valence-corrected chi connectivity index (χ4v) is 1.49. The van der Waals surface area contributed by atoms with Crippen molar-refractivity contribution in [3.05, 3.63) is 35.1 Å². The van der Waals surface area contributed by atoms with Crippen LogP contribution in [0.15, 0.2) is 18.2 Å².